The second-order valence-electron chi connectivity index (χ2n) is 11.5. The number of methoxy groups -OCH3 is 3. The van der Waals surface area contributed by atoms with Gasteiger partial charge >= 0.3 is 0 Å². The summed E-state index contributed by atoms with van der Waals surface area (Å²) in [5.74, 6) is 0.555. The van der Waals surface area contributed by atoms with Crippen LogP contribution in [0.5, 0.6) is 17.2 Å². The molecule has 3 aromatic carbocycles. The molecule has 2 N–H and O–H groups in total. The zero-order chi connectivity index (χ0) is 29.0. The lowest BCUT2D eigenvalue weighted by Crippen LogP contribution is -2.41. The van der Waals surface area contributed by atoms with Gasteiger partial charge in [-0.3, -0.25) is 9.59 Å². The summed E-state index contributed by atoms with van der Waals surface area (Å²) in [4.78, 5) is 26.7. The Balaban J connectivity index is 1.97. The van der Waals surface area contributed by atoms with Gasteiger partial charge in [0.05, 0.1) is 21.3 Å². The van der Waals surface area contributed by atoms with Crippen molar-refractivity contribution in [2.45, 2.75) is 58.5 Å². The molecular weight excluding hydrogens is 492 g/mol. The van der Waals surface area contributed by atoms with E-state index in [0.717, 1.165) is 11.1 Å². The second-order valence-corrected chi connectivity index (χ2v) is 11.5. The third-order valence-electron chi connectivity index (χ3n) is 6.60. The van der Waals surface area contributed by atoms with Gasteiger partial charge in [0.15, 0.2) is 11.5 Å². The van der Waals surface area contributed by atoms with Gasteiger partial charge in [-0.25, -0.2) is 0 Å². The predicted molar refractivity (Wildman–Crippen MR) is 154 cm³/mol. The number of rotatable bonds is 8. The van der Waals surface area contributed by atoms with Gasteiger partial charge in [0.1, 0.15) is 6.17 Å². The summed E-state index contributed by atoms with van der Waals surface area (Å²) in [7, 11) is 4.55. The van der Waals surface area contributed by atoms with E-state index in [1.54, 1.807) is 36.4 Å². The maximum Gasteiger partial charge on any atom is 0.253 e. The Kier molecular flexibility index (Phi) is 8.95. The van der Waals surface area contributed by atoms with E-state index in [0.29, 0.717) is 33.9 Å². The van der Waals surface area contributed by atoms with Gasteiger partial charge in [0.25, 0.3) is 11.8 Å². The highest BCUT2D eigenvalue weighted by molar-refractivity contribution is 5.97. The highest BCUT2D eigenvalue weighted by atomic mass is 16.5. The van der Waals surface area contributed by atoms with Crippen LogP contribution in [0.15, 0.2) is 60.7 Å². The number of carbonyl (C=O) groups excluding carboxylic acids is 2. The van der Waals surface area contributed by atoms with E-state index in [1.165, 1.54) is 21.3 Å². The van der Waals surface area contributed by atoms with Crippen LogP contribution in [0.25, 0.3) is 0 Å². The van der Waals surface area contributed by atoms with E-state index in [1.807, 2.05) is 24.3 Å². The number of benzene rings is 3. The van der Waals surface area contributed by atoms with Crippen LogP contribution < -0.4 is 24.8 Å². The molecule has 0 unspecified atom stereocenters. The molecule has 0 saturated carbocycles. The molecule has 3 rings (SSSR count). The van der Waals surface area contributed by atoms with E-state index < -0.39 is 6.17 Å². The van der Waals surface area contributed by atoms with E-state index >= 15 is 0 Å². The standard InChI is InChI=1S/C32H40N2O5/c1-31(2,3)23-14-10-20(11-15-23)29(35)33-28(22-18-25(37-7)27(39-9)26(19-22)38-8)34-30(36)21-12-16-24(17-13-21)32(4,5)6/h10-19,28H,1-9H3,(H,33,35)(H,34,36). The molecular formula is C32H40N2O5. The molecule has 0 aromatic heterocycles. The first kappa shape index (κ1) is 29.6. The molecule has 0 heterocycles. The largest absolute Gasteiger partial charge is 0.493 e. The Morgan fingerprint density at radius 3 is 1.26 bits per heavy atom. The van der Waals surface area contributed by atoms with Crippen LogP contribution in [0.2, 0.25) is 0 Å². The topological polar surface area (TPSA) is 85.9 Å². The van der Waals surface area contributed by atoms with Crippen LogP contribution in [0.4, 0.5) is 0 Å². The molecule has 208 valence electrons. The monoisotopic (exact) mass is 532 g/mol. The second kappa shape index (κ2) is 11.8. The van der Waals surface area contributed by atoms with Crippen molar-refractivity contribution in [3.05, 3.63) is 88.5 Å². The number of hydrogen-bond acceptors (Lipinski definition) is 5. The van der Waals surface area contributed by atoms with Crippen LogP contribution in [0, 0.1) is 0 Å². The molecule has 0 aliphatic heterocycles. The summed E-state index contributed by atoms with van der Waals surface area (Å²) in [6, 6.07) is 18.3. The lowest BCUT2D eigenvalue weighted by Gasteiger charge is -2.24. The third-order valence-corrected chi connectivity index (χ3v) is 6.60. The quantitative estimate of drug-likeness (QED) is 0.339. The Bertz CT molecular complexity index is 1200. The van der Waals surface area contributed by atoms with Crippen molar-refractivity contribution in [1.29, 1.82) is 0 Å². The summed E-state index contributed by atoms with van der Waals surface area (Å²) in [5.41, 5.74) is 3.67. The molecule has 0 atom stereocenters. The maximum absolute atomic E-state index is 13.3. The van der Waals surface area contributed by atoms with Gasteiger partial charge in [0.2, 0.25) is 5.75 Å². The van der Waals surface area contributed by atoms with Crippen LogP contribution in [0.3, 0.4) is 0 Å². The van der Waals surface area contributed by atoms with Crippen molar-refractivity contribution >= 4 is 11.8 Å². The Morgan fingerprint density at radius 2 is 0.974 bits per heavy atom. The Labute approximate surface area is 231 Å². The minimum absolute atomic E-state index is 0.0374. The van der Waals surface area contributed by atoms with Crippen molar-refractivity contribution < 1.29 is 23.8 Å². The van der Waals surface area contributed by atoms with Crippen LogP contribution in [0.1, 0.15) is 85.1 Å². The van der Waals surface area contributed by atoms with Crippen LogP contribution >= 0.6 is 0 Å². The number of amides is 2. The summed E-state index contributed by atoms with van der Waals surface area (Å²) in [6.07, 6.45) is -0.886. The minimum atomic E-state index is -0.886. The molecule has 7 nitrogen and oxygen atoms in total. The lowest BCUT2D eigenvalue weighted by atomic mass is 9.86. The molecule has 0 fully saturated rings. The van der Waals surface area contributed by atoms with Crippen molar-refractivity contribution in [1.82, 2.24) is 10.6 Å². The molecule has 39 heavy (non-hydrogen) atoms. The number of nitrogens with one attached hydrogen (secondary N) is 2. The molecule has 7 heteroatoms. The lowest BCUT2D eigenvalue weighted by molar-refractivity contribution is 0.0883. The zero-order valence-electron chi connectivity index (χ0n) is 24.4. The smallest absolute Gasteiger partial charge is 0.253 e. The first-order chi connectivity index (χ1) is 18.3. The van der Waals surface area contributed by atoms with Crippen molar-refractivity contribution in [3.8, 4) is 17.2 Å². The van der Waals surface area contributed by atoms with Crippen molar-refractivity contribution in [2.24, 2.45) is 0 Å². The van der Waals surface area contributed by atoms with E-state index in [9.17, 15) is 9.59 Å². The van der Waals surface area contributed by atoms with E-state index in [2.05, 4.69) is 52.2 Å². The van der Waals surface area contributed by atoms with E-state index in [4.69, 9.17) is 14.2 Å². The maximum atomic E-state index is 13.3. The molecule has 0 bridgehead atoms. The Morgan fingerprint density at radius 1 is 0.615 bits per heavy atom. The number of ether oxygens (including phenoxy) is 3. The highest BCUT2D eigenvalue weighted by Gasteiger charge is 2.24. The van der Waals surface area contributed by atoms with Gasteiger partial charge in [0, 0.05) is 16.7 Å². The molecule has 0 radical (unpaired) electrons. The summed E-state index contributed by atoms with van der Waals surface area (Å²) < 4.78 is 16.5. The minimum Gasteiger partial charge on any atom is -0.493 e. The van der Waals surface area contributed by atoms with Gasteiger partial charge in [-0.1, -0.05) is 65.8 Å². The average Bonchev–Trinajstić information content (AvgIpc) is 2.90. The van der Waals surface area contributed by atoms with Crippen molar-refractivity contribution in [2.75, 3.05) is 21.3 Å². The fourth-order valence-corrected chi connectivity index (χ4v) is 4.14. The number of hydrogen-bond donors (Lipinski definition) is 2. The first-order valence-electron chi connectivity index (χ1n) is 12.9. The summed E-state index contributed by atoms with van der Waals surface area (Å²) in [5, 5.41) is 5.92. The SMILES string of the molecule is COc1cc(C(NC(=O)c2ccc(C(C)(C)C)cc2)NC(=O)c2ccc(C(C)(C)C)cc2)cc(OC)c1OC. The fraction of sp³-hybridized carbons (Fsp3) is 0.375. The third kappa shape index (κ3) is 7.11. The number of carbonyl (C=O) groups is 2. The molecule has 0 aliphatic carbocycles. The fourth-order valence-electron chi connectivity index (χ4n) is 4.14. The van der Waals surface area contributed by atoms with Gasteiger partial charge in [-0.05, 0) is 58.4 Å². The van der Waals surface area contributed by atoms with Gasteiger partial charge in [-0.2, -0.15) is 0 Å². The molecule has 3 aromatic rings. The molecule has 0 spiro atoms. The van der Waals surface area contributed by atoms with Gasteiger partial charge in [-0.15, -0.1) is 0 Å². The van der Waals surface area contributed by atoms with E-state index in [-0.39, 0.29) is 22.6 Å². The van der Waals surface area contributed by atoms with Crippen molar-refractivity contribution in [3.63, 3.8) is 0 Å². The highest BCUT2D eigenvalue weighted by Crippen LogP contribution is 2.39. The Hall–Kier alpha value is -4.00. The molecule has 2 amide bonds. The summed E-state index contributed by atoms with van der Waals surface area (Å²) >= 11 is 0. The van der Waals surface area contributed by atoms with Crippen LogP contribution in [-0.4, -0.2) is 33.1 Å². The predicted octanol–water partition coefficient (Wildman–Crippen LogP) is 6.17. The van der Waals surface area contributed by atoms with Gasteiger partial charge < -0.3 is 24.8 Å². The average molecular weight is 533 g/mol. The first-order valence-corrected chi connectivity index (χ1v) is 12.9. The normalized spacial score (nSPS) is 11.6. The summed E-state index contributed by atoms with van der Waals surface area (Å²) in [6.45, 7) is 12.7. The van der Waals surface area contributed by atoms with Crippen LogP contribution in [-0.2, 0) is 10.8 Å². The molecule has 0 saturated heterocycles. The zero-order valence-corrected chi connectivity index (χ0v) is 24.4. The molecule has 0 aliphatic rings.